The first-order valence-corrected chi connectivity index (χ1v) is 7.19. The van der Waals surface area contributed by atoms with Crippen molar-refractivity contribution in [2.24, 2.45) is 5.73 Å². The summed E-state index contributed by atoms with van der Waals surface area (Å²) in [6.07, 6.45) is 0. The van der Waals surface area contributed by atoms with Gasteiger partial charge in [-0.05, 0) is 47.5 Å². The zero-order valence-electron chi connectivity index (χ0n) is 11.3. The average Bonchev–Trinajstić information content (AvgIpc) is 2.36. The smallest absolute Gasteiger partial charge is 0.0636 e. The Hall–Kier alpha value is -1.32. The van der Waals surface area contributed by atoms with Crippen molar-refractivity contribution in [2.75, 3.05) is 11.9 Å². The van der Waals surface area contributed by atoms with Gasteiger partial charge in [0.15, 0.2) is 0 Å². The normalized spacial score (nSPS) is 12.2. The summed E-state index contributed by atoms with van der Waals surface area (Å²) in [7, 11) is 0. The van der Waals surface area contributed by atoms with Crippen molar-refractivity contribution in [1.29, 1.82) is 0 Å². The van der Waals surface area contributed by atoms with Crippen LogP contribution in [0.5, 0.6) is 0 Å². The van der Waals surface area contributed by atoms with Crippen LogP contribution in [0, 0.1) is 13.8 Å². The summed E-state index contributed by atoms with van der Waals surface area (Å²) in [5, 5.41) is 3.50. The van der Waals surface area contributed by atoms with E-state index in [2.05, 4.69) is 59.4 Å². The quantitative estimate of drug-likeness (QED) is 0.887. The summed E-state index contributed by atoms with van der Waals surface area (Å²) in [6.45, 7) is 4.79. The molecule has 0 saturated heterocycles. The summed E-state index contributed by atoms with van der Waals surface area (Å²) >= 11 is 3.55. The number of nitrogens with one attached hydrogen (secondary N) is 1. The standard InChI is InChI=1S/C16H19BrN2/c1-11-7-12(2)9-13(8-11)16(10-18)19-15-6-4-3-5-14(15)17/h3-9,16,19H,10,18H2,1-2H3. The lowest BCUT2D eigenvalue weighted by Gasteiger charge is -2.20. The maximum atomic E-state index is 5.93. The number of hydrogen-bond acceptors (Lipinski definition) is 2. The van der Waals surface area contributed by atoms with Crippen molar-refractivity contribution >= 4 is 21.6 Å². The van der Waals surface area contributed by atoms with Crippen LogP contribution in [-0.2, 0) is 0 Å². The number of anilines is 1. The van der Waals surface area contributed by atoms with E-state index in [0.29, 0.717) is 6.54 Å². The van der Waals surface area contributed by atoms with Crippen molar-refractivity contribution < 1.29 is 0 Å². The molecule has 2 aromatic carbocycles. The Labute approximate surface area is 123 Å². The van der Waals surface area contributed by atoms with E-state index in [9.17, 15) is 0 Å². The van der Waals surface area contributed by atoms with Gasteiger partial charge in [0, 0.05) is 16.7 Å². The van der Waals surface area contributed by atoms with Gasteiger partial charge in [-0.1, -0.05) is 41.5 Å². The molecule has 0 aliphatic heterocycles. The van der Waals surface area contributed by atoms with E-state index in [-0.39, 0.29) is 6.04 Å². The second-order valence-electron chi connectivity index (χ2n) is 4.83. The summed E-state index contributed by atoms with van der Waals surface area (Å²) < 4.78 is 1.05. The van der Waals surface area contributed by atoms with Gasteiger partial charge in [-0.3, -0.25) is 0 Å². The Morgan fingerprint density at radius 1 is 1.11 bits per heavy atom. The molecule has 0 saturated carbocycles. The minimum absolute atomic E-state index is 0.122. The summed E-state index contributed by atoms with van der Waals surface area (Å²) in [5.41, 5.74) is 10.8. The fraction of sp³-hybridized carbons (Fsp3) is 0.250. The molecule has 100 valence electrons. The van der Waals surface area contributed by atoms with Gasteiger partial charge in [-0.25, -0.2) is 0 Å². The molecule has 2 nitrogen and oxygen atoms in total. The highest BCUT2D eigenvalue weighted by molar-refractivity contribution is 9.10. The number of para-hydroxylation sites is 1. The third-order valence-corrected chi connectivity index (χ3v) is 3.78. The molecule has 1 unspecified atom stereocenters. The highest BCUT2D eigenvalue weighted by atomic mass is 79.9. The lowest BCUT2D eigenvalue weighted by Crippen LogP contribution is -2.21. The lowest BCUT2D eigenvalue weighted by molar-refractivity contribution is 0.787. The largest absolute Gasteiger partial charge is 0.376 e. The van der Waals surface area contributed by atoms with Gasteiger partial charge in [0.1, 0.15) is 0 Å². The van der Waals surface area contributed by atoms with Crippen molar-refractivity contribution in [1.82, 2.24) is 0 Å². The van der Waals surface area contributed by atoms with E-state index in [1.807, 2.05) is 18.2 Å². The minimum atomic E-state index is 0.122. The maximum absolute atomic E-state index is 5.93. The number of benzene rings is 2. The van der Waals surface area contributed by atoms with Gasteiger partial charge in [0.2, 0.25) is 0 Å². The van der Waals surface area contributed by atoms with Crippen LogP contribution >= 0.6 is 15.9 Å². The van der Waals surface area contributed by atoms with Gasteiger partial charge < -0.3 is 11.1 Å². The van der Waals surface area contributed by atoms with Crippen LogP contribution in [0.2, 0.25) is 0 Å². The SMILES string of the molecule is Cc1cc(C)cc(C(CN)Nc2ccccc2Br)c1. The molecule has 2 aromatic rings. The van der Waals surface area contributed by atoms with Crippen molar-refractivity contribution in [3.8, 4) is 0 Å². The number of aryl methyl sites for hydroxylation is 2. The molecule has 0 amide bonds. The van der Waals surface area contributed by atoms with Crippen molar-refractivity contribution in [3.05, 3.63) is 63.6 Å². The van der Waals surface area contributed by atoms with Crippen LogP contribution in [0.3, 0.4) is 0 Å². The molecule has 0 aliphatic rings. The Bertz CT molecular complexity index is 546. The molecular weight excluding hydrogens is 300 g/mol. The molecule has 1 atom stereocenters. The van der Waals surface area contributed by atoms with Gasteiger partial charge in [0.25, 0.3) is 0 Å². The monoisotopic (exact) mass is 318 g/mol. The van der Waals surface area contributed by atoms with Crippen molar-refractivity contribution in [3.63, 3.8) is 0 Å². The second-order valence-corrected chi connectivity index (χ2v) is 5.69. The fourth-order valence-corrected chi connectivity index (χ4v) is 2.65. The van der Waals surface area contributed by atoms with Crippen LogP contribution in [-0.4, -0.2) is 6.54 Å². The molecule has 19 heavy (non-hydrogen) atoms. The molecule has 0 aromatic heterocycles. The third kappa shape index (κ3) is 3.58. The van der Waals surface area contributed by atoms with Gasteiger partial charge in [0.05, 0.1) is 6.04 Å². The predicted molar refractivity (Wildman–Crippen MR) is 85.5 cm³/mol. The molecule has 3 N–H and O–H groups in total. The van der Waals surface area contributed by atoms with Gasteiger partial charge in [-0.15, -0.1) is 0 Å². The Kier molecular flexibility index (Phi) is 4.61. The number of nitrogens with two attached hydrogens (primary N) is 1. The molecule has 2 rings (SSSR count). The lowest BCUT2D eigenvalue weighted by atomic mass is 10.0. The van der Waals surface area contributed by atoms with E-state index in [1.165, 1.54) is 16.7 Å². The van der Waals surface area contributed by atoms with Crippen LogP contribution < -0.4 is 11.1 Å². The average molecular weight is 319 g/mol. The van der Waals surface area contributed by atoms with E-state index in [1.54, 1.807) is 0 Å². The maximum Gasteiger partial charge on any atom is 0.0636 e. The minimum Gasteiger partial charge on any atom is -0.376 e. The number of rotatable bonds is 4. The highest BCUT2D eigenvalue weighted by Crippen LogP contribution is 2.26. The zero-order valence-corrected chi connectivity index (χ0v) is 12.9. The third-order valence-electron chi connectivity index (χ3n) is 3.09. The Morgan fingerprint density at radius 3 is 2.32 bits per heavy atom. The first-order chi connectivity index (χ1) is 9.10. The highest BCUT2D eigenvalue weighted by Gasteiger charge is 2.11. The topological polar surface area (TPSA) is 38.0 Å². The number of hydrogen-bond donors (Lipinski definition) is 2. The Balaban J connectivity index is 2.28. The first-order valence-electron chi connectivity index (χ1n) is 6.39. The van der Waals surface area contributed by atoms with Gasteiger partial charge in [-0.2, -0.15) is 0 Å². The van der Waals surface area contributed by atoms with Crippen LogP contribution in [0.15, 0.2) is 46.9 Å². The van der Waals surface area contributed by atoms with E-state index >= 15 is 0 Å². The summed E-state index contributed by atoms with van der Waals surface area (Å²) in [5.74, 6) is 0. The fourth-order valence-electron chi connectivity index (χ4n) is 2.26. The molecule has 0 heterocycles. The second kappa shape index (κ2) is 6.22. The molecule has 0 radical (unpaired) electrons. The van der Waals surface area contributed by atoms with E-state index in [0.717, 1.165) is 10.2 Å². The van der Waals surface area contributed by atoms with E-state index in [4.69, 9.17) is 5.73 Å². The van der Waals surface area contributed by atoms with Crippen LogP contribution in [0.4, 0.5) is 5.69 Å². The van der Waals surface area contributed by atoms with Crippen LogP contribution in [0.25, 0.3) is 0 Å². The van der Waals surface area contributed by atoms with E-state index < -0.39 is 0 Å². The molecule has 0 spiro atoms. The number of halogens is 1. The van der Waals surface area contributed by atoms with Gasteiger partial charge >= 0.3 is 0 Å². The molecular formula is C16H19BrN2. The van der Waals surface area contributed by atoms with Crippen LogP contribution in [0.1, 0.15) is 22.7 Å². The predicted octanol–water partition coefficient (Wildman–Crippen LogP) is 4.18. The summed E-state index contributed by atoms with van der Waals surface area (Å²) in [4.78, 5) is 0. The van der Waals surface area contributed by atoms with Crippen molar-refractivity contribution in [2.45, 2.75) is 19.9 Å². The Morgan fingerprint density at radius 2 is 1.74 bits per heavy atom. The molecule has 0 fully saturated rings. The zero-order chi connectivity index (χ0) is 13.8. The molecule has 3 heteroatoms. The molecule has 0 aliphatic carbocycles. The molecule has 0 bridgehead atoms. The summed E-state index contributed by atoms with van der Waals surface area (Å²) in [6, 6.07) is 14.8. The first kappa shape index (κ1) is 14.1.